The molecular weight excluding hydrogens is 208 g/mol. The Kier molecular flexibility index (Phi) is 3.26. The molecule has 0 saturated carbocycles. The minimum Gasteiger partial charge on any atom is -0.478 e. The van der Waals surface area contributed by atoms with Crippen molar-refractivity contribution in [3.8, 4) is 0 Å². The van der Waals surface area contributed by atoms with Crippen molar-refractivity contribution in [1.29, 1.82) is 0 Å². The van der Waals surface area contributed by atoms with Crippen molar-refractivity contribution in [2.45, 2.75) is 25.4 Å². The van der Waals surface area contributed by atoms with Gasteiger partial charge in [0.25, 0.3) is 0 Å². The molecular formula is C11H16N2O3. The van der Waals surface area contributed by atoms with Crippen molar-refractivity contribution < 1.29 is 14.3 Å². The predicted octanol–water partition coefficient (Wildman–Crippen LogP) is 0.901. The summed E-state index contributed by atoms with van der Waals surface area (Å²) in [5.74, 6) is -0.402. The third kappa shape index (κ3) is 2.43. The first-order chi connectivity index (χ1) is 7.66. The van der Waals surface area contributed by atoms with Crippen LogP contribution in [0.3, 0.4) is 0 Å². The second-order valence-electron chi connectivity index (χ2n) is 4.18. The van der Waals surface area contributed by atoms with Crippen LogP contribution < -0.4 is 5.73 Å². The van der Waals surface area contributed by atoms with Crippen molar-refractivity contribution in [2.24, 2.45) is 5.73 Å². The maximum Gasteiger partial charge on any atom is 0.339 e. The Morgan fingerprint density at radius 3 is 2.88 bits per heavy atom. The monoisotopic (exact) mass is 224 g/mol. The van der Waals surface area contributed by atoms with E-state index in [2.05, 4.69) is 4.90 Å². The zero-order valence-electron chi connectivity index (χ0n) is 9.06. The second kappa shape index (κ2) is 4.67. The van der Waals surface area contributed by atoms with Gasteiger partial charge in [-0.1, -0.05) is 0 Å². The Balaban J connectivity index is 1.98. The van der Waals surface area contributed by atoms with Crippen LogP contribution in [0.2, 0.25) is 0 Å². The normalized spacial score (nSPS) is 18.8. The minimum absolute atomic E-state index is 0.259. The zero-order valence-corrected chi connectivity index (χ0v) is 9.06. The molecule has 0 bridgehead atoms. The van der Waals surface area contributed by atoms with Crippen LogP contribution in [0.15, 0.2) is 16.7 Å². The Bertz CT molecular complexity index is 367. The summed E-state index contributed by atoms with van der Waals surface area (Å²) in [6.45, 7) is 2.36. The molecule has 1 aliphatic heterocycles. The maximum absolute atomic E-state index is 10.9. The van der Waals surface area contributed by atoms with Crippen LogP contribution >= 0.6 is 0 Å². The predicted molar refractivity (Wildman–Crippen MR) is 58.2 cm³/mol. The molecule has 1 aromatic heterocycles. The molecule has 3 N–H and O–H groups in total. The SMILES string of the molecule is NC1CCN(Cc2occc2C(=O)O)CC1. The fourth-order valence-corrected chi connectivity index (χ4v) is 1.97. The number of aromatic carboxylic acids is 1. The number of rotatable bonds is 3. The van der Waals surface area contributed by atoms with E-state index in [0.717, 1.165) is 25.9 Å². The van der Waals surface area contributed by atoms with Crippen LogP contribution in [0, 0.1) is 0 Å². The number of nitrogens with two attached hydrogens (primary N) is 1. The van der Waals surface area contributed by atoms with E-state index in [1.807, 2.05) is 0 Å². The molecule has 0 radical (unpaired) electrons. The van der Waals surface area contributed by atoms with Crippen molar-refractivity contribution in [1.82, 2.24) is 4.90 Å². The molecule has 0 atom stereocenters. The van der Waals surface area contributed by atoms with Gasteiger partial charge in [-0.15, -0.1) is 0 Å². The summed E-state index contributed by atoms with van der Waals surface area (Å²) in [4.78, 5) is 13.1. The van der Waals surface area contributed by atoms with Gasteiger partial charge in [0.2, 0.25) is 0 Å². The summed E-state index contributed by atoms with van der Waals surface area (Å²) in [6.07, 6.45) is 3.35. The lowest BCUT2D eigenvalue weighted by atomic mass is 10.1. The average Bonchev–Trinajstić information content (AvgIpc) is 2.69. The molecule has 88 valence electrons. The van der Waals surface area contributed by atoms with Gasteiger partial charge in [0.15, 0.2) is 0 Å². The van der Waals surface area contributed by atoms with Crippen LogP contribution in [0.25, 0.3) is 0 Å². The van der Waals surface area contributed by atoms with E-state index < -0.39 is 5.97 Å². The number of furan rings is 1. The summed E-state index contributed by atoms with van der Waals surface area (Å²) in [6, 6.07) is 1.78. The Morgan fingerprint density at radius 1 is 1.56 bits per heavy atom. The Hall–Kier alpha value is -1.33. The largest absolute Gasteiger partial charge is 0.478 e. The quantitative estimate of drug-likeness (QED) is 0.797. The van der Waals surface area contributed by atoms with Gasteiger partial charge >= 0.3 is 5.97 Å². The molecule has 0 aromatic carbocycles. The minimum atomic E-state index is -0.933. The highest BCUT2D eigenvalue weighted by molar-refractivity contribution is 5.88. The highest BCUT2D eigenvalue weighted by atomic mass is 16.4. The number of carboxylic acids is 1. The summed E-state index contributed by atoms with van der Waals surface area (Å²) in [5.41, 5.74) is 6.06. The molecule has 1 aliphatic rings. The van der Waals surface area contributed by atoms with Gasteiger partial charge in [0, 0.05) is 19.1 Å². The van der Waals surface area contributed by atoms with Crippen molar-refractivity contribution >= 4 is 5.97 Å². The van der Waals surface area contributed by atoms with Crippen LogP contribution in [-0.2, 0) is 6.54 Å². The van der Waals surface area contributed by atoms with Crippen LogP contribution in [0.1, 0.15) is 29.0 Å². The fraction of sp³-hybridized carbons (Fsp3) is 0.545. The van der Waals surface area contributed by atoms with Crippen molar-refractivity contribution in [2.75, 3.05) is 13.1 Å². The fourth-order valence-electron chi connectivity index (χ4n) is 1.97. The maximum atomic E-state index is 10.9. The lowest BCUT2D eigenvalue weighted by molar-refractivity contribution is 0.0691. The van der Waals surface area contributed by atoms with Gasteiger partial charge in [0.1, 0.15) is 11.3 Å². The molecule has 5 heteroatoms. The van der Waals surface area contributed by atoms with Gasteiger partial charge in [-0.2, -0.15) is 0 Å². The van der Waals surface area contributed by atoms with Crippen molar-refractivity contribution in [3.05, 3.63) is 23.7 Å². The van der Waals surface area contributed by atoms with Gasteiger partial charge in [0.05, 0.1) is 12.8 Å². The number of carboxylic acid groups (broad SMARTS) is 1. The number of hydrogen-bond acceptors (Lipinski definition) is 4. The van der Waals surface area contributed by atoms with E-state index in [1.165, 1.54) is 12.3 Å². The smallest absolute Gasteiger partial charge is 0.339 e. The molecule has 16 heavy (non-hydrogen) atoms. The lowest BCUT2D eigenvalue weighted by Crippen LogP contribution is -2.39. The van der Waals surface area contributed by atoms with Gasteiger partial charge in [-0.3, -0.25) is 4.90 Å². The number of likely N-dealkylation sites (tertiary alicyclic amines) is 1. The Labute approximate surface area is 93.8 Å². The van der Waals surface area contributed by atoms with Crippen LogP contribution in [-0.4, -0.2) is 35.1 Å². The Morgan fingerprint density at radius 2 is 2.25 bits per heavy atom. The summed E-state index contributed by atoms with van der Waals surface area (Å²) >= 11 is 0. The highest BCUT2D eigenvalue weighted by Crippen LogP contribution is 2.16. The van der Waals surface area contributed by atoms with E-state index in [4.69, 9.17) is 15.3 Å². The molecule has 0 aliphatic carbocycles. The number of hydrogen-bond donors (Lipinski definition) is 2. The van der Waals surface area contributed by atoms with E-state index in [9.17, 15) is 4.79 Å². The number of piperidine rings is 1. The third-order valence-corrected chi connectivity index (χ3v) is 2.98. The van der Waals surface area contributed by atoms with Crippen LogP contribution in [0.5, 0.6) is 0 Å². The average molecular weight is 224 g/mol. The molecule has 1 fully saturated rings. The molecule has 1 aromatic rings. The molecule has 2 heterocycles. The molecule has 0 unspecified atom stereocenters. The molecule has 0 amide bonds. The molecule has 5 nitrogen and oxygen atoms in total. The number of carbonyl (C=O) groups is 1. The summed E-state index contributed by atoms with van der Waals surface area (Å²) < 4.78 is 5.20. The summed E-state index contributed by atoms with van der Waals surface area (Å²) in [7, 11) is 0. The van der Waals surface area contributed by atoms with Crippen molar-refractivity contribution in [3.63, 3.8) is 0 Å². The van der Waals surface area contributed by atoms with E-state index in [1.54, 1.807) is 0 Å². The lowest BCUT2D eigenvalue weighted by Gasteiger charge is -2.29. The first-order valence-electron chi connectivity index (χ1n) is 5.44. The molecule has 0 spiro atoms. The third-order valence-electron chi connectivity index (χ3n) is 2.98. The topological polar surface area (TPSA) is 79.7 Å². The van der Waals surface area contributed by atoms with Crippen LogP contribution in [0.4, 0.5) is 0 Å². The summed E-state index contributed by atoms with van der Waals surface area (Å²) in [5, 5.41) is 8.93. The van der Waals surface area contributed by atoms with E-state index >= 15 is 0 Å². The first-order valence-corrected chi connectivity index (χ1v) is 5.44. The molecule has 1 saturated heterocycles. The standard InChI is InChI=1S/C11H16N2O3/c12-8-1-4-13(5-2-8)7-10-9(11(14)15)3-6-16-10/h3,6,8H,1-2,4-5,7,12H2,(H,14,15). The zero-order chi connectivity index (χ0) is 11.5. The molecule has 2 rings (SSSR count). The van der Waals surface area contributed by atoms with Gasteiger partial charge in [-0.05, 0) is 18.9 Å². The first kappa shape index (κ1) is 11.2. The highest BCUT2D eigenvalue weighted by Gasteiger charge is 2.20. The van der Waals surface area contributed by atoms with E-state index in [-0.39, 0.29) is 11.6 Å². The van der Waals surface area contributed by atoms with Gasteiger partial charge in [-0.25, -0.2) is 4.79 Å². The second-order valence-corrected chi connectivity index (χ2v) is 4.18. The van der Waals surface area contributed by atoms with Gasteiger partial charge < -0.3 is 15.3 Å². The van der Waals surface area contributed by atoms with E-state index in [0.29, 0.717) is 12.3 Å². The number of nitrogens with zero attached hydrogens (tertiary/aromatic N) is 1.